The molecular weight excluding hydrogens is 346 g/mol. The lowest BCUT2D eigenvalue weighted by molar-refractivity contribution is 0.0512. The SMILES string of the molecule is COc1cc2c(cc1CN1C[C@H](O)[C@@H](N3CCN(C)CC3)C1)OCCCO2. The molecule has 0 aromatic heterocycles. The Bertz CT molecular complexity index is 648. The summed E-state index contributed by atoms with van der Waals surface area (Å²) >= 11 is 0. The summed E-state index contributed by atoms with van der Waals surface area (Å²) in [5.41, 5.74) is 1.08. The number of likely N-dealkylation sites (N-methyl/N-ethyl adjacent to an activating group) is 1. The van der Waals surface area contributed by atoms with E-state index >= 15 is 0 Å². The fraction of sp³-hybridized carbons (Fsp3) is 0.700. The molecule has 2 fully saturated rings. The lowest BCUT2D eigenvalue weighted by Gasteiger charge is -2.37. The largest absolute Gasteiger partial charge is 0.496 e. The van der Waals surface area contributed by atoms with Crippen molar-refractivity contribution in [2.45, 2.75) is 25.1 Å². The first kappa shape index (κ1) is 18.8. The van der Waals surface area contributed by atoms with Crippen LogP contribution in [0, 0.1) is 0 Å². The first-order chi connectivity index (χ1) is 13.1. The van der Waals surface area contributed by atoms with Crippen molar-refractivity contribution < 1.29 is 19.3 Å². The third-order valence-corrected chi connectivity index (χ3v) is 5.89. The number of piperazine rings is 1. The van der Waals surface area contributed by atoms with Gasteiger partial charge in [0.1, 0.15) is 5.75 Å². The second-order valence-corrected chi connectivity index (χ2v) is 7.83. The second kappa shape index (κ2) is 8.22. The van der Waals surface area contributed by atoms with Crippen LogP contribution in [0.3, 0.4) is 0 Å². The molecule has 0 aliphatic carbocycles. The van der Waals surface area contributed by atoms with Crippen molar-refractivity contribution in [3.05, 3.63) is 17.7 Å². The quantitative estimate of drug-likeness (QED) is 0.827. The molecular formula is C20H31N3O4. The zero-order valence-electron chi connectivity index (χ0n) is 16.4. The fourth-order valence-electron chi connectivity index (χ4n) is 4.28. The molecule has 3 aliphatic heterocycles. The maximum atomic E-state index is 10.6. The topological polar surface area (TPSA) is 57.6 Å². The van der Waals surface area contributed by atoms with Crippen molar-refractivity contribution in [2.24, 2.45) is 0 Å². The van der Waals surface area contributed by atoms with Gasteiger partial charge in [-0.25, -0.2) is 0 Å². The van der Waals surface area contributed by atoms with Crippen molar-refractivity contribution in [3.8, 4) is 17.2 Å². The number of fused-ring (bicyclic) bond motifs is 1. The average Bonchev–Trinajstić information content (AvgIpc) is 2.88. The van der Waals surface area contributed by atoms with Gasteiger partial charge in [0.2, 0.25) is 0 Å². The molecule has 2 atom stereocenters. The van der Waals surface area contributed by atoms with Crippen molar-refractivity contribution in [2.75, 3.05) is 66.6 Å². The number of rotatable bonds is 4. The molecule has 1 N–H and O–H groups in total. The highest BCUT2D eigenvalue weighted by molar-refractivity contribution is 5.51. The van der Waals surface area contributed by atoms with Gasteiger partial charge >= 0.3 is 0 Å². The molecule has 0 radical (unpaired) electrons. The Morgan fingerprint density at radius 1 is 1.07 bits per heavy atom. The van der Waals surface area contributed by atoms with Crippen LogP contribution in [0.4, 0.5) is 0 Å². The maximum absolute atomic E-state index is 10.6. The minimum atomic E-state index is -0.306. The Labute approximate surface area is 161 Å². The summed E-state index contributed by atoms with van der Waals surface area (Å²) in [6.45, 7) is 7.84. The number of β-amino-alcohol motifs (C(OH)–C–C–N with tert-alkyl or cyclic N) is 1. The van der Waals surface area contributed by atoms with Gasteiger partial charge in [-0.15, -0.1) is 0 Å². The Hall–Kier alpha value is -1.54. The summed E-state index contributed by atoms with van der Waals surface area (Å²) in [5, 5.41) is 10.6. The van der Waals surface area contributed by atoms with Crippen LogP contribution in [0.1, 0.15) is 12.0 Å². The third kappa shape index (κ3) is 4.16. The lowest BCUT2D eigenvalue weighted by atomic mass is 10.1. The lowest BCUT2D eigenvalue weighted by Crippen LogP contribution is -2.52. The van der Waals surface area contributed by atoms with Crippen LogP contribution in [-0.4, -0.2) is 98.6 Å². The summed E-state index contributed by atoms with van der Waals surface area (Å²) in [6, 6.07) is 4.18. The maximum Gasteiger partial charge on any atom is 0.164 e. The Balaban J connectivity index is 1.45. The molecule has 3 heterocycles. The number of ether oxygens (including phenoxy) is 3. The molecule has 2 saturated heterocycles. The van der Waals surface area contributed by atoms with Crippen LogP contribution < -0.4 is 14.2 Å². The molecule has 1 aromatic carbocycles. The summed E-state index contributed by atoms with van der Waals surface area (Å²) in [6.07, 6.45) is 0.581. The molecule has 7 heteroatoms. The van der Waals surface area contributed by atoms with Crippen LogP contribution in [0.25, 0.3) is 0 Å². The van der Waals surface area contributed by atoms with Crippen molar-refractivity contribution in [1.82, 2.24) is 14.7 Å². The smallest absolute Gasteiger partial charge is 0.164 e. The van der Waals surface area contributed by atoms with Crippen LogP contribution in [-0.2, 0) is 6.54 Å². The molecule has 0 amide bonds. The van der Waals surface area contributed by atoms with E-state index in [1.54, 1.807) is 7.11 Å². The third-order valence-electron chi connectivity index (χ3n) is 5.89. The molecule has 0 spiro atoms. The van der Waals surface area contributed by atoms with Crippen LogP contribution in [0.5, 0.6) is 17.2 Å². The van der Waals surface area contributed by atoms with E-state index < -0.39 is 0 Å². The minimum absolute atomic E-state index is 0.213. The zero-order chi connectivity index (χ0) is 18.8. The van der Waals surface area contributed by atoms with Gasteiger partial charge < -0.3 is 24.2 Å². The number of methoxy groups -OCH3 is 1. The van der Waals surface area contributed by atoms with E-state index in [0.29, 0.717) is 19.8 Å². The van der Waals surface area contributed by atoms with E-state index in [2.05, 4.69) is 21.7 Å². The highest BCUT2D eigenvalue weighted by atomic mass is 16.5. The number of aliphatic hydroxyl groups excluding tert-OH is 1. The Kier molecular flexibility index (Phi) is 5.73. The van der Waals surface area contributed by atoms with Gasteiger partial charge in [-0.2, -0.15) is 0 Å². The predicted molar refractivity (Wildman–Crippen MR) is 103 cm³/mol. The van der Waals surface area contributed by atoms with E-state index in [9.17, 15) is 5.11 Å². The van der Waals surface area contributed by atoms with E-state index in [1.807, 2.05) is 12.1 Å². The summed E-state index contributed by atoms with van der Waals surface area (Å²) in [4.78, 5) is 7.10. The molecule has 27 heavy (non-hydrogen) atoms. The number of hydrogen-bond donors (Lipinski definition) is 1. The van der Waals surface area contributed by atoms with Crippen molar-refractivity contribution in [3.63, 3.8) is 0 Å². The first-order valence-corrected chi connectivity index (χ1v) is 9.93. The molecule has 1 aromatic rings. The predicted octanol–water partition coefficient (Wildman–Crippen LogP) is 0.649. The van der Waals surface area contributed by atoms with E-state index in [1.165, 1.54) is 0 Å². The number of nitrogens with zero attached hydrogens (tertiary/aromatic N) is 3. The zero-order valence-corrected chi connectivity index (χ0v) is 16.4. The van der Waals surface area contributed by atoms with E-state index in [0.717, 1.165) is 68.5 Å². The van der Waals surface area contributed by atoms with E-state index in [4.69, 9.17) is 14.2 Å². The summed E-state index contributed by atoms with van der Waals surface area (Å²) in [5.74, 6) is 2.36. The second-order valence-electron chi connectivity index (χ2n) is 7.83. The molecule has 4 rings (SSSR count). The molecule has 7 nitrogen and oxygen atoms in total. The number of benzene rings is 1. The highest BCUT2D eigenvalue weighted by Crippen LogP contribution is 2.37. The van der Waals surface area contributed by atoms with Gasteiger partial charge in [0.25, 0.3) is 0 Å². The van der Waals surface area contributed by atoms with Gasteiger partial charge in [-0.05, 0) is 13.1 Å². The fourth-order valence-corrected chi connectivity index (χ4v) is 4.28. The molecule has 0 bridgehead atoms. The molecule has 0 saturated carbocycles. The first-order valence-electron chi connectivity index (χ1n) is 9.93. The van der Waals surface area contributed by atoms with E-state index in [-0.39, 0.29) is 12.1 Å². The van der Waals surface area contributed by atoms with Gasteiger partial charge in [-0.3, -0.25) is 9.80 Å². The number of hydrogen-bond acceptors (Lipinski definition) is 7. The summed E-state index contributed by atoms with van der Waals surface area (Å²) < 4.78 is 17.2. The van der Waals surface area contributed by atoms with Crippen molar-refractivity contribution >= 4 is 0 Å². The molecule has 150 valence electrons. The number of likely N-dealkylation sites (tertiary alicyclic amines) is 1. The Morgan fingerprint density at radius 3 is 2.48 bits per heavy atom. The normalized spacial score (nSPS) is 27.5. The highest BCUT2D eigenvalue weighted by Gasteiger charge is 2.36. The standard InChI is InChI=1S/C20H31N3O4/c1-21-4-6-23(7-5-21)16-13-22(14-17(16)24)12-15-10-19-20(11-18(15)25-2)27-9-3-8-26-19/h10-11,16-17,24H,3-9,12-14H2,1-2H3/t16-,17-/m0/s1. The Morgan fingerprint density at radius 2 is 1.78 bits per heavy atom. The van der Waals surface area contributed by atoms with Crippen LogP contribution in [0.15, 0.2) is 12.1 Å². The molecule has 3 aliphatic rings. The summed E-state index contributed by atoms with van der Waals surface area (Å²) in [7, 11) is 3.85. The van der Waals surface area contributed by atoms with Gasteiger partial charge in [0.15, 0.2) is 11.5 Å². The molecule has 0 unspecified atom stereocenters. The number of aliphatic hydroxyl groups is 1. The van der Waals surface area contributed by atoms with Crippen molar-refractivity contribution in [1.29, 1.82) is 0 Å². The van der Waals surface area contributed by atoms with Crippen LogP contribution in [0.2, 0.25) is 0 Å². The monoisotopic (exact) mass is 377 g/mol. The minimum Gasteiger partial charge on any atom is -0.496 e. The van der Waals surface area contributed by atoms with Crippen LogP contribution >= 0.6 is 0 Å². The van der Waals surface area contributed by atoms with Gasteiger partial charge in [0, 0.05) is 69.9 Å². The van der Waals surface area contributed by atoms with Gasteiger partial charge in [0.05, 0.1) is 26.4 Å². The van der Waals surface area contributed by atoms with Gasteiger partial charge in [-0.1, -0.05) is 0 Å². The average molecular weight is 377 g/mol.